The molecule has 2 heterocycles. The lowest BCUT2D eigenvalue weighted by Gasteiger charge is -1.99. The van der Waals surface area contributed by atoms with Crippen LogP contribution in [-0.2, 0) is 24.2 Å². The Bertz CT molecular complexity index is 495. The number of aryl methyl sites for hydroxylation is 2. The van der Waals surface area contributed by atoms with Crippen LogP contribution in [0.15, 0.2) is 30.6 Å². The molecule has 0 bridgehead atoms. The third-order valence-corrected chi connectivity index (χ3v) is 2.24. The highest BCUT2D eigenvalue weighted by Crippen LogP contribution is 1.99. The van der Waals surface area contributed by atoms with Crippen LogP contribution in [0.1, 0.15) is 11.4 Å². The van der Waals surface area contributed by atoms with Crippen LogP contribution in [0, 0.1) is 0 Å². The summed E-state index contributed by atoms with van der Waals surface area (Å²) >= 11 is 0. The number of hydrogen-bond donors (Lipinski definition) is 1. The van der Waals surface area contributed by atoms with E-state index in [1.165, 1.54) is 0 Å². The number of carboxylic acid groups (broad SMARTS) is 1. The lowest BCUT2D eigenvalue weighted by atomic mass is 10.3. The highest BCUT2D eigenvalue weighted by Gasteiger charge is 2.05. The van der Waals surface area contributed by atoms with Crippen molar-refractivity contribution >= 4 is 5.97 Å². The number of carbonyl (C=O) groups is 1. The van der Waals surface area contributed by atoms with E-state index in [4.69, 9.17) is 5.11 Å². The van der Waals surface area contributed by atoms with Gasteiger partial charge in [-0.2, -0.15) is 0 Å². The topological polar surface area (TPSA) is 80.9 Å². The van der Waals surface area contributed by atoms with Gasteiger partial charge in [0.1, 0.15) is 0 Å². The molecule has 2 rings (SSSR count). The molecule has 0 unspecified atom stereocenters. The Balaban J connectivity index is 1.91. The number of pyridine rings is 1. The first-order valence-corrected chi connectivity index (χ1v) is 5.25. The first-order valence-electron chi connectivity index (χ1n) is 5.25. The summed E-state index contributed by atoms with van der Waals surface area (Å²) in [6, 6.07) is 5.73. The maximum Gasteiger partial charge on any atom is 0.309 e. The van der Waals surface area contributed by atoms with Gasteiger partial charge in [0, 0.05) is 31.1 Å². The molecule has 1 N–H and O–H groups in total. The van der Waals surface area contributed by atoms with Crippen molar-refractivity contribution in [3.63, 3.8) is 0 Å². The standard InChI is InChI=1S/C11H12N4O2/c16-11(17)7-10-8-15(14-13-10)6-4-9-3-1-2-5-12-9/h1-3,5,8H,4,6-7H2,(H,16,17). The van der Waals surface area contributed by atoms with Crippen LogP contribution in [0.3, 0.4) is 0 Å². The molecule has 6 heteroatoms. The average Bonchev–Trinajstić information content (AvgIpc) is 2.75. The molecular weight excluding hydrogens is 220 g/mol. The molecule has 0 aromatic carbocycles. The quantitative estimate of drug-likeness (QED) is 0.813. The summed E-state index contributed by atoms with van der Waals surface area (Å²) in [6.45, 7) is 0.642. The van der Waals surface area contributed by atoms with Crippen LogP contribution in [0.5, 0.6) is 0 Å². The van der Waals surface area contributed by atoms with E-state index in [0.717, 1.165) is 12.1 Å². The van der Waals surface area contributed by atoms with Crippen molar-refractivity contribution in [1.82, 2.24) is 20.0 Å². The van der Waals surface area contributed by atoms with Crippen molar-refractivity contribution in [3.05, 3.63) is 42.0 Å². The van der Waals surface area contributed by atoms with Crippen molar-refractivity contribution in [2.75, 3.05) is 0 Å². The summed E-state index contributed by atoms with van der Waals surface area (Å²) in [6.07, 6.45) is 4.05. The van der Waals surface area contributed by atoms with Gasteiger partial charge >= 0.3 is 5.97 Å². The van der Waals surface area contributed by atoms with E-state index in [0.29, 0.717) is 12.2 Å². The monoisotopic (exact) mass is 232 g/mol. The largest absolute Gasteiger partial charge is 0.481 e. The number of hydrogen-bond acceptors (Lipinski definition) is 4. The fraction of sp³-hybridized carbons (Fsp3) is 0.273. The van der Waals surface area contributed by atoms with Crippen LogP contribution in [0.25, 0.3) is 0 Å². The number of aliphatic carboxylic acids is 1. The van der Waals surface area contributed by atoms with E-state index in [2.05, 4.69) is 15.3 Å². The van der Waals surface area contributed by atoms with Crippen molar-refractivity contribution < 1.29 is 9.90 Å². The fourth-order valence-corrected chi connectivity index (χ4v) is 1.46. The molecule has 0 atom stereocenters. The maximum absolute atomic E-state index is 10.5. The van der Waals surface area contributed by atoms with Gasteiger partial charge in [-0.1, -0.05) is 11.3 Å². The van der Waals surface area contributed by atoms with Gasteiger partial charge in [-0.25, -0.2) is 0 Å². The van der Waals surface area contributed by atoms with E-state index >= 15 is 0 Å². The molecule has 17 heavy (non-hydrogen) atoms. The third-order valence-electron chi connectivity index (χ3n) is 2.24. The average molecular weight is 232 g/mol. The minimum atomic E-state index is -0.901. The summed E-state index contributed by atoms with van der Waals surface area (Å²) in [7, 11) is 0. The Hall–Kier alpha value is -2.24. The predicted molar refractivity (Wildman–Crippen MR) is 59.3 cm³/mol. The summed E-state index contributed by atoms with van der Waals surface area (Å²) in [5.41, 5.74) is 1.45. The predicted octanol–water partition coefficient (Wildman–Crippen LogP) is 0.543. The molecule has 2 aromatic rings. The molecule has 0 spiro atoms. The molecule has 0 aliphatic heterocycles. The van der Waals surface area contributed by atoms with Gasteiger partial charge in [0.25, 0.3) is 0 Å². The number of aromatic nitrogens is 4. The van der Waals surface area contributed by atoms with Gasteiger partial charge in [-0.05, 0) is 12.1 Å². The van der Waals surface area contributed by atoms with Crippen molar-refractivity contribution in [2.24, 2.45) is 0 Å². The second kappa shape index (κ2) is 5.20. The number of nitrogens with zero attached hydrogens (tertiary/aromatic N) is 4. The van der Waals surface area contributed by atoms with Gasteiger partial charge in [0.15, 0.2) is 0 Å². The highest BCUT2D eigenvalue weighted by atomic mass is 16.4. The second-order valence-corrected chi connectivity index (χ2v) is 3.61. The zero-order chi connectivity index (χ0) is 12.1. The SMILES string of the molecule is O=C(O)Cc1cn(CCc2ccccn2)nn1. The smallest absolute Gasteiger partial charge is 0.309 e. The lowest BCUT2D eigenvalue weighted by molar-refractivity contribution is -0.136. The minimum Gasteiger partial charge on any atom is -0.481 e. The Labute approximate surface area is 97.9 Å². The molecule has 0 radical (unpaired) electrons. The summed E-state index contributed by atoms with van der Waals surface area (Å²) < 4.78 is 1.63. The van der Waals surface area contributed by atoms with E-state index in [-0.39, 0.29) is 6.42 Å². The molecule has 0 amide bonds. The molecule has 2 aromatic heterocycles. The van der Waals surface area contributed by atoms with Crippen LogP contribution in [0.2, 0.25) is 0 Å². The highest BCUT2D eigenvalue weighted by molar-refractivity contribution is 5.69. The Morgan fingerprint density at radius 2 is 2.24 bits per heavy atom. The van der Waals surface area contributed by atoms with Crippen molar-refractivity contribution in [2.45, 2.75) is 19.4 Å². The van der Waals surface area contributed by atoms with E-state index in [1.807, 2.05) is 18.2 Å². The van der Waals surface area contributed by atoms with Crippen molar-refractivity contribution in [1.29, 1.82) is 0 Å². The zero-order valence-corrected chi connectivity index (χ0v) is 9.15. The van der Waals surface area contributed by atoms with E-state index in [1.54, 1.807) is 17.1 Å². The molecule has 6 nitrogen and oxygen atoms in total. The van der Waals surface area contributed by atoms with Gasteiger partial charge in [-0.15, -0.1) is 5.10 Å². The van der Waals surface area contributed by atoms with Crippen LogP contribution in [-0.4, -0.2) is 31.1 Å². The van der Waals surface area contributed by atoms with Crippen molar-refractivity contribution in [3.8, 4) is 0 Å². The Kier molecular flexibility index (Phi) is 3.44. The zero-order valence-electron chi connectivity index (χ0n) is 9.15. The molecule has 0 aliphatic carbocycles. The van der Waals surface area contributed by atoms with Crippen LogP contribution < -0.4 is 0 Å². The van der Waals surface area contributed by atoms with Gasteiger partial charge in [0.2, 0.25) is 0 Å². The number of rotatable bonds is 5. The summed E-state index contributed by atoms with van der Waals surface area (Å²) in [5.74, 6) is -0.901. The first-order chi connectivity index (χ1) is 8.24. The Morgan fingerprint density at radius 3 is 2.94 bits per heavy atom. The molecule has 0 aliphatic rings. The van der Waals surface area contributed by atoms with Gasteiger partial charge in [-0.3, -0.25) is 14.5 Å². The van der Waals surface area contributed by atoms with Gasteiger partial charge < -0.3 is 5.11 Å². The second-order valence-electron chi connectivity index (χ2n) is 3.61. The van der Waals surface area contributed by atoms with Crippen LogP contribution >= 0.6 is 0 Å². The summed E-state index contributed by atoms with van der Waals surface area (Å²) in [4.78, 5) is 14.7. The molecule has 0 saturated heterocycles. The third kappa shape index (κ3) is 3.37. The van der Waals surface area contributed by atoms with E-state index in [9.17, 15) is 4.79 Å². The Morgan fingerprint density at radius 1 is 1.35 bits per heavy atom. The summed E-state index contributed by atoms with van der Waals surface area (Å²) in [5, 5.41) is 16.2. The lowest BCUT2D eigenvalue weighted by Crippen LogP contribution is -2.03. The fourth-order valence-electron chi connectivity index (χ4n) is 1.46. The minimum absolute atomic E-state index is 0.0937. The molecule has 88 valence electrons. The molecule has 0 saturated carbocycles. The number of carboxylic acids is 1. The van der Waals surface area contributed by atoms with Gasteiger partial charge in [0.05, 0.1) is 12.1 Å². The molecular formula is C11H12N4O2. The maximum atomic E-state index is 10.5. The first kappa shape index (κ1) is 11.3. The van der Waals surface area contributed by atoms with Crippen LogP contribution in [0.4, 0.5) is 0 Å². The normalized spacial score (nSPS) is 10.4. The van der Waals surface area contributed by atoms with E-state index < -0.39 is 5.97 Å². The molecule has 0 fully saturated rings.